The van der Waals surface area contributed by atoms with Crippen LogP contribution in [0, 0.1) is 0 Å². The molecule has 3 N–H and O–H groups in total. The Morgan fingerprint density at radius 3 is 2.32 bits per heavy atom. The molecule has 0 aliphatic rings. The largest absolute Gasteiger partial charge is 0.478 e. The third-order valence-electron chi connectivity index (χ3n) is 2.37. The second-order valence-electron chi connectivity index (χ2n) is 3.61. The average molecular weight is 292 g/mol. The molecule has 7 heteroatoms. The van der Waals surface area contributed by atoms with E-state index in [2.05, 4.69) is 4.74 Å². The Morgan fingerprint density at radius 1 is 1.37 bits per heavy atom. The van der Waals surface area contributed by atoms with Crippen molar-refractivity contribution in [3.8, 4) is 0 Å². The van der Waals surface area contributed by atoms with Crippen LogP contribution in [0.2, 0.25) is 0 Å². The van der Waals surface area contributed by atoms with E-state index < -0.39 is 24.2 Å². The number of hydrogen-bond acceptors (Lipinski definition) is 4. The Morgan fingerprint density at radius 2 is 1.89 bits per heavy atom. The molecule has 0 bridgehead atoms. The summed E-state index contributed by atoms with van der Waals surface area (Å²) in [6.45, 7) is 1.64. The summed E-state index contributed by atoms with van der Waals surface area (Å²) in [7, 11) is 0. The number of ether oxygens (including phenoxy) is 1. The number of aromatic carboxylic acids is 1. The summed E-state index contributed by atoms with van der Waals surface area (Å²) in [6.07, 6.45) is -1.97. The smallest absolute Gasteiger partial charge is 0.342 e. The second-order valence-corrected chi connectivity index (χ2v) is 3.61. The monoisotopic (exact) mass is 291 g/mol. The highest BCUT2D eigenvalue weighted by atomic mass is 35.5. The van der Waals surface area contributed by atoms with Crippen LogP contribution in [0.15, 0.2) is 24.3 Å². The van der Waals surface area contributed by atoms with Gasteiger partial charge in [0.2, 0.25) is 6.17 Å². The molecule has 0 amide bonds. The topological polar surface area (TPSA) is 89.6 Å². The van der Waals surface area contributed by atoms with E-state index in [1.54, 1.807) is 6.92 Å². The molecule has 0 aliphatic heterocycles. The van der Waals surface area contributed by atoms with Crippen molar-refractivity contribution >= 4 is 24.3 Å². The predicted molar refractivity (Wildman–Crippen MR) is 69.1 cm³/mol. The lowest BCUT2D eigenvalue weighted by Gasteiger charge is -2.15. The Bertz CT molecular complexity index is 438. The molecule has 2 atom stereocenters. The first-order valence-electron chi connectivity index (χ1n) is 5.37. The van der Waals surface area contributed by atoms with Crippen LogP contribution < -0.4 is 5.73 Å². The zero-order valence-electron chi connectivity index (χ0n) is 10.2. The summed E-state index contributed by atoms with van der Waals surface area (Å²) >= 11 is 0. The molecular formula is C12H15ClFNO4. The number of carbonyl (C=O) groups is 2. The van der Waals surface area contributed by atoms with Crippen molar-refractivity contribution in [3.63, 3.8) is 0 Å². The van der Waals surface area contributed by atoms with E-state index in [0.717, 1.165) is 0 Å². The van der Waals surface area contributed by atoms with Crippen molar-refractivity contribution in [2.75, 3.05) is 6.61 Å². The average Bonchev–Trinajstić information content (AvgIpc) is 2.37. The molecule has 5 nitrogen and oxygen atoms in total. The fourth-order valence-electron chi connectivity index (χ4n) is 1.39. The lowest BCUT2D eigenvalue weighted by atomic mass is 10.0. The molecule has 19 heavy (non-hydrogen) atoms. The summed E-state index contributed by atoms with van der Waals surface area (Å²) in [5.41, 5.74) is 5.97. The van der Waals surface area contributed by atoms with Crippen LogP contribution >= 0.6 is 12.4 Å². The molecule has 0 spiro atoms. The molecule has 1 unspecified atom stereocenters. The van der Waals surface area contributed by atoms with Crippen LogP contribution in [0.5, 0.6) is 0 Å². The van der Waals surface area contributed by atoms with Gasteiger partial charge in [-0.25, -0.2) is 14.0 Å². The SMILES string of the molecule is CCOC(=O)C(F)[C@H](N)c1ccc(C(=O)O)cc1.Cl. The highest BCUT2D eigenvalue weighted by Crippen LogP contribution is 2.18. The Hall–Kier alpha value is -1.66. The van der Waals surface area contributed by atoms with Crippen molar-refractivity contribution in [2.24, 2.45) is 5.73 Å². The van der Waals surface area contributed by atoms with Gasteiger partial charge in [0.15, 0.2) is 0 Å². The lowest BCUT2D eigenvalue weighted by molar-refractivity contribution is -0.149. The van der Waals surface area contributed by atoms with E-state index in [1.165, 1.54) is 24.3 Å². The third kappa shape index (κ3) is 4.50. The van der Waals surface area contributed by atoms with E-state index in [4.69, 9.17) is 10.8 Å². The van der Waals surface area contributed by atoms with Crippen LogP contribution in [0.3, 0.4) is 0 Å². The number of carbonyl (C=O) groups excluding carboxylic acids is 1. The number of carboxylic acid groups (broad SMARTS) is 1. The van der Waals surface area contributed by atoms with E-state index in [0.29, 0.717) is 5.56 Å². The zero-order chi connectivity index (χ0) is 13.7. The maximum Gasteiger partial charge on any atom is 0.342 e. The Kier molecular flexibility index (Phi) is 7.03. The molecule has 1 aromatic rings. The highest BCUT2D eigenvalue weighted by molar-refractivity contribution is 5.87. The van der Waals surface area contributed by atoms with Gasteiger partial charge in [-0.15, -0.1) is 12.4 Å². The molecule has 1 aromatic carbocycles. The number of alkyl halides is 1. The Labute approximate surface area is 116 Å². The third-order valence-corrected chi connectivity index (χ3v) is 2.37. The molecular weight excluding hydrogens is 277 g/mol. The van der Waals surface area contributed by atoms with Gasteiger partial charge in [0.05, 0.1) is 18.2 Å². The first-order valence-corrected chi connectivity index (χ1v) is 5.37. The van der Waals surface area contributed by atoms with E-state index in [9.17, 15) is 14.0 Å². The summed E-state index contributed by atoms with van der Waals surface area (Å²) in [6, 6.07) is 4.18. The summed E-state index contributed by atoms with van der Waals surface area (Å²) < 4.78 is 18.1. The molecule has 0 fully saturated rings. The quantitative estimate of drug-likeness (QED) is 0.806. The number of esters is 1. The van der Waals surface area contributed by atoms with E-state index in [-0.39, 0.29) is 24.6 Å². The molecule has 1 rings (SSSR count). The number of benzene rings is 1. The number of halogens is 2. The Balaban J connectivity index is 0.00000324. The summed E-state index contributed by atoms with van der Waals surface area (Å²) in [5.74, 6) is -2.11. The molecule has 0 aliphatic carbocycles. The number of nitrogens with two attached hydrogens (primary N) is 1. The van der Waals surface area contributed by atoms with Gasteiger partial charge >= 0.3 is 11.9 Å². The highest BCUT2D eigenvalue weighted by Gasteiger charge is 2.27. The summed E-state index contributed by atoms with van der Waals surface area (Å²) in [4.78, 5) is 21.8. The lowest BCUT2D eigenvalue weighted by Crippen LogP contribution is -2.31. The van der Waals surface area contributed by atoms with Crippen molar-refractivity contribution in [2.45, 2.75) is 19.1 Å². The predicted octanol–water partition coefficient (Wildman–Crippen LogP) is 1.71. The molecule has 0 radical (unpaired) electrons. The van der Waals surface area contributed by atoms with Gasteiger partial charge < -0.3 is 15.6 Å². The van der Waals surface area contributed by atoms with Crippen LogP contribution in [-0.4, -0.2) is 29.8 Å². The maximum absolute atomic E-state index is 13.6. The van der Waals surface area contributed by atoms with Crippen LogP contribution in [0.25, 0.3) is 0 Å². The van der Waals surface area contributed by atoms with Gasteiger partial charge in [-0.2, -0.15) is 0 Å². The fourth-order valence-corrected chi connectivity index (χ4v) is 1.39. The minimum absolute atomic E-state index is 0. The fraction of sp³-hybridized carbons (Fsp3) is 0.333. The van der Waals surface area contributed by atoms with E-state index >= 15 is 0 Å². The van der Waals surface area contributed by atoms with Crippen LogP contribution in [0.1, 0.15) is 28.9 Å². The van der Waals surface area contributed by atoms with Crippen LogP contribution in [-0.2, 0) is 9.53 Å². The van der Waals surface area contributed by atoms with Crippen molar-refractivity contribution in [1.29, 1.82) is 0 Å². The normalized spacial score (nSPS) is 13.0. The number of carboxylic acids is 1. The van der Waals surface area contributed by atoms with Crippen molar-refractivity contribution in [1.82, 2.24) is 0 Å². The maximum atomic E-state index is 13.6. The van der Waals surface area contributed by atoms with Crippen molar-refractivity contribution < 1.29 is 23.8 Å². The molecule has 0 saturated carbocycles. The van der Waals surface area contributed by atoms with Crippen LogP contribution in [0.4, 0.5) is 4.39 Å². The number of hydrogen-bond donors (Lipinski definition) is 2. The first kappa shape index (κ1) is 17.3. The molecule has 0 aromatic heterocycles. The van der Waals surface area contributed by atoms with Gasteiger partial charge in [0.25, 0.3) is 0 Å². The standard InChI is InChI=1S/C12H14FNO4.ClH/c1-2-18-12(17)9(13)10(14)7-3-5-8(6-4-7)11(15)16;/h3-6,9-10H,2,14H2,1H3,(H,15,16);1H/t9?,10-;/m1./s1. The molecule has 0 saturated heterocycles. The molecule has 106 valence electrons. The second kappa shape index (κ2) is 7.70. The van der Waals surface area contributed by atoms with Gasteiger partial charge in [0.1, 0.15) is 0 Å². The molecule has 0 heterocycles. The van der Waals surface area contributed by atoms with Gasteiger partial charge in [-0.1, -0.05) is 12.1 Å². The first-order chi connectivity index (χ1) is 8.47. The van der Waals surface area contributed by atoms with Gasteiger partial charge in [-0.05, 0) is 24.6 Å². The van der Waals surface area contributed by atoms with Crippen molar-refractivity contribution in [3.05, 3.63) is 35.4 Å². The number of rotatable bonds is 5. The van der Waals surface area contributed by atoms with Gasteiger partial charge in [0, 0.05) is 0 Å². The van der Waals surface area contributed by atoms with Gasteiger partial charge in [-0.3, -0.25) is 0 Å². The zero-order valence-corrected chi connectivity index (χ0v) is 11.0. The summed E-state index contributed by atoms with van der Waals surface area (Å²) in [5, 5.41) is 8.70. The minimum Gasteiger partial charge on any atom is -0.478 e. The minimum atomic E-state index is -1.97. The van der Waals surface area contributed by atoms with E-state index in [1.807, 2.05) is 0 Å².